The van der Waals surface area contributed by atoms with Crippen molar-refractivity contribution in [2.45, 2.75) is 26.4 Å². The van der Waals surface area contributed by atoms with Crippen molar-refractivity contribution in [1.29, 1.82) is 0 Å². The molecule has 1 aliphatic heterocycles. The van der Waals surface area contributed by atoms with Crippen molar-refractivity contribution in [1.82, 2.24) is 9.97 Å². The van der Waals surface area contributed by atoms with Gasteiger partial charge >= 0.3 is 0 Å². The Morgan fingerprint density at radius 1 is 1.28 bits per heavy atom. The summed E-state index contributed by atoms with van der Waals surface area (Å²) in [6, 6.07) is 9.53. The normalized spacial score (nSPS) is 13.4. The van der Waals surface area contributed by atoms with E-state index in [4.69, 9.17) is 4.74 Å². The molecule has 1 aliphatic rings. The summed E-state index contributed by atoms with van der Waals surface area (Å²) in [5, 5.41) is 5.49. The van der Waals surface area contributed by atoms with Gasteiger partial charge in [-0.2, -0.15) is 0 Å². The molecule has 3 aromatic rings. The predicted octanol–water partition coefficient (Wildman–Crippen LogP) is 3.34. The van der Waals surface area contributed by atoms with Crippen molar-refractivity contribution in [3.63, 3.8) is 0 Å². The molecular weight excluding hydrogens is 388 g/mol. The molecule has 0 radical (unpaired) electrons. The Labute approximate surface area is 172 Å². The smallest absolute Gasteiger partial charge is 0.233 e. The maximum atomic E-state index is 12.9. The van der Waals surface area contributed by atoms with Crippen LogP contribution in [0.1, 0.15) is 22.7 Å². The molecule has 0 unspecified atom stereocenters. The predicted molar refractivity (Wildman–Crippen MR) is 111 cm³/mol. The maximum Gasteiger partial charge on any atom is 0.233 e. The average molecular weight is 408 g/mol. The summed E-state index contributed by atoms with van der Waals surface area (Å²) in [6.45, 7) is 2.70. The van der Waals surface area contributed by atoms with Crippen molar-refractivity contribution in [3.05, 3.63) is 64.4 Å². The zero-order chi connectivity index (χ0) is 20.2. The van der Waals surface area contributed by atoms with E-state index in [0.29, 0.717) is 30.2 Å². The molecule has 2 aromatic heterocycles. The molecule has 4 rings (SSSR count). The number of amides is 2. The lowest BCUT2D eigenvalue weighted by molar-refractivity contribution is -0.118. The molecular formula is C21H20N4O3S. The molecule has 2 amide bonds. The van der Waals surface area contributed by atoms with E-state index in [9.17, 15) is 9.59 Å². The lowest BCUT2D eigenvalue weighted by Gasteiger charge is -2.21. The number of nitrogens with one attached hydrogen (secondary N) is 1. The van der Waals surface area contributed by atoms with Crippen molar-refractivity contribution in [2.75, 3.05) is 16.8 Å². The number of carbonyl (C=O) groups excluding carboxylic acids is 2. The van der Waals surface area contributed by atoms with E-state index >= 15 is 0 Å². The lowest BCUT2D eigenvalue weighted by Crippen LogP contribution is -2.33. The zero-order valence-corrected chi connectivity index (χ0v) is 16.7. The largest absolute Gasteiger partial charge is 0.486 e. The van der Waals surface area contributed by atoms with E-state index in [1.165, 1.54) is 16.9 Å². The fourth-order valence-corrected chi connectivity index (χ4v) is 3.74. The van der Waals surface area contributed by atoms with Crippen LogP contribution in [-0.4, -0.2) is 28.3 Å². The molecule has 148 valence electrons. The monoisotopic (exact) mass is 408 g/mol. The lowest BCUT2D eigenvalue weighted by atomic mass is 10.2. The van der Waals surface area contributed by atoms with E-state index in [-0.39, 0.29) is 24.7 Å². The van der Waals surface area contributed by atoms with Crippen LogP contribution >= 0.6 is 11.3 Å². The molecule has 8 heteroatoms. The van der Waals surface area contributed by atoms with Gasteiger partial charge in [-0.05, 0) is 25.1 Å². The Hall–Kier alpha value is -3.26. The topological polar surface area (TPSA) is 84.4 Å². The highest BCUT2D eigenvalue weighted by molar-refractivity contribution is 7.09. The fraction of sp³-hybridized carbons (Fsp3) is 0.238. The van der Waals surface area contributed by atoms with Gasteiger partial charge in [-0.1, -0.05) is 17.7 Å². The van der Waals surface area contributed by atoms with Crippen molar-refractivity contribution >= 4 is 34.5 Å². The maximum absolute atomic E-state index is 12.9. The summed E-state index contributed by atoms with van der Waals surface area (Å²) in [7, 11) is 0. The third-order valence-corrected chi connectivity index (χ3v) is 5.41. The Morgan fingerprint density at radius 3 is 2.93 bits per heavy atom. The van der Waals surface area contributed by atoms with Crippen LogP contribution in [0.15, 0.2) is 48.1 Å². The van der Waals surface area contributed by atoms with Gasteiger partial charge in [0.25, 0.3) is 0 Å². The van der Waals surface area contributed by atoms with Gasteiger partial charge in [0.15, 0.2) is 0 Å². The molecule has 0 bridgehead atoms. The highest BCUT2D eigenvalue weighted by Crippen LogP contribution is 2.28. The third-order valence-electron chi connectivity index (χ3n) is 4.54. The molecule has 3 heterocycles. The molecule has 1 aromatic carbocycles. The van der Waals surface area contributed by atoms with Gasteiger partial charge in [0.1, 0.15) is 17.4 Å². The van der Waals surface area contributed by atoms with Gasteiger partial charge in [0, 0.05) is 24.5 Å². The number of rotatable bonds is 5. The van der Waals surface area contributed by atoms with Crippen molar-refractivity contribution < 1.29 is 14.3 Å². The van der Waals surface area contributed by atoms with Gasteiger partial charge in [-0.25, -0.2) is 4.98 Å². The number of thiazole rings is 1. The second-order valence-electron chi connectivity index (χ2n) is 6.75. The second kappa shape index (κ2) is 8.40. The van der Waals surface area contributed by atoms with Crippen LogP contribution in [0.3, 0.4) is 0 Å². The Balaban J connectivity index is 1.41. The Morgan fingerprint density at radius 2 is 2.10 bits per heavy atom. The molecule has 1 N–H and O–H groups in total. The number of hydrogen-bond acceptors (Lipinski definition) is 6. The van der Waals surface area contributed by atoms with Crippen LogP contribution in [-0.2, 0) is 22.6 Å². The Bertz CT molecular complexity index is 1030. The first-order valence-electron chi connectivity index (χ1n) is 9.25. The van der Waals surface area contributed by atoms with Crippen LogP contribution < -0.4 is 15.0 Å². The number of anilines is 2. The zero-order valence-electron chi connectivity index (χ0n) is 15.9. The number of ether oxygens (including phenoxy) is 1. The number of carbonyl (C=O) groups is 2. The van der Waals surface area contributed by atoms with E-state index in [0.717, 1.165) is 10.8 Å². The highest BCUT2D eigenvalue weighted by Gasteiger charge is 2.24. The van der Waals surface area contributed by atoms with Gasteiger partial charge in [0.05, 0.1) is 29.7 Å². The molecule has 0 saturated carbocycles. The third kappa shape index (κ3) is 4.60. The quantitative estimate of drug-likeness (QED) is 0.700. The summed E-state index contributed by atoms with van der Waals surface area (Å²) >= 11 is 1.47. The van der Waals surface area contributed by atoms with Crippen LogP contribution in [0.25, 0.3) is 0 Å². The van der Waals surface area contributed by atoms with Crippen LogP contribution in [0.4, 0.5) is 11.4 Å². The molecule has 0 atom stereocenters. The molecule has 0 fully saturated rings. The summed E-state index contributed by atoms with van der Waals surface area (Å²) < 4.78 is 5.76. The second-order valence-corrected chi connectivity index (χ2v) is 7.69. The number of nitrogens with zero attached hydrogens (tertiary/aromatic N) is 3. The molecule has 0 saturated heterocycles. The van der Waals surface area contributed by atoms with E-state index < -0.39 is 0 Å². The minimum Gasteiger partial charge on any atom is -0.486 e. The standard InChI is InChI=1S/C21H20N4O3S/c1-14-2-4-16(5-3-14)28-12-20-23-15(13-29-20)10-21(27)25-9-7-19(26)24-17-6-8-22-11-18(17)25/h2-6,8,11,13H,7,9-10,12H2,1H3,(H,24,26). The highest BCUT2D eigenvalue weighted by atomic mass is 32.1. The van der Waals surface area contributed by atoms with Gasteiger partial charge in [-0.15, -0.1) is 11.3 Å². The van der Waals surface area contributed by atoms with Gasteiger partial charge < -0.3 is 15.0 Å². The van der Waals surface area contributed by atoms with E-state index in [2.05, 4.69) is 15.3 Å². The number of aryl methyl sites for hydroxylation is 1. The Kier molecular flexibility index (Phi) is 5.53. The molecule has 29 heavy (non-hydrogen) atoms. The van der Waals surface area contributed by atoms with Crippen molar-refractivity contribution in [2.24, 2.45) is 0 Å². The van der Waals surface area contributed by atoms with Gasteiger partial charge in [-0.3, -0.25) is 14.6 Å². The van der Waals surface area contributed by atoms with Crippen LogP contribution in [0, 0.1) is 6.92 Å². The number of pyridine rings is 1. The first-order valence-corrected chi connectivity index (χ1v) is 10.1. The summed E-state index contributed by atoms with van der Waals surface area (Å²) in [4.78, 5) is 35.0. The summed E-state index contributed by atoms with van der Waals surface area (Å²) in [5.41, 5.74) is 3.08. The first-order chi connectivity index (χ1) is 14.1. The summed E-state index contributed by atoms with van der Waals surface area (Å²) in [6.07, 6.45) is 3.59. The van der Waals surface area contributed by atoms with E-state index in [1.54, 1.807) is 23.4 Å². The minimum atomic E-state index is -0.118. The molecule has 0 aliphatic carbocycles. The van der Waals surface area contributed by atoms with Crippen LogP contribution in [0.5, 0.6) is 5.75 Å². The average Bonchev–Trinajstić information content (AvgIpc) is 3.08. The molecule has 7 nitrogen and oxygen atoms in total. The number of fused-ring (bicyclic) bond motifs is 1. The summed E-state index contributed by atoms with van der Waals surface area (Å²) in [5.74, 6) is 0.554. The van der Waals surface area contributed by atoms with E-state index in [1.807, 2.05) is 36.6 Å². The number of benzene rings is 1. The van der Waals surface area contributed by atoms with Crippen LogP contribution in [0.2, 0.25) is 0 Å². The number of aromatic nitrogens is 2. The fourth-order valence-electron chi connectivity index (χ4n) is 3.04. The van der Waals surface area contributed by atoms with Crippen molar-refractivity contribution in [3.8, 4) is 5.75 Å². The minimum absolute atomic E-state index is 0.114. The molecule has 0 spiro atoms. The number of hydrogen-bond donors (Lipinski definition) is 1. The SMILES string of the molecule is Cc1ccc(OCc2nc(CC(=O)N3CCC(=O)Nc4ccncc43)cs2)cc1. The van der Waals surface area contributed by atoms with Gasteiger partial charge in [0.2, 0.25) is 11.8 Å². The first kappa shape index (κ1) is 19.1.